The average molecular weight is 257 g/mol. The second-order valence-corrected chi connectivity index (χ2v) is 4.30. The zero-order valence-corrected chi connectivity index (χ0v) is 10.5. The normalized spacial score (nSPS) is 11.9. The summed E-state index contributed by atoms with van der Waals surface area (Å²) in [5.74, 6) is 0. The molecule has 17 heavy (non-hydrogen) atoms. The summed E-state index contributed by atoms with van der Waals surface area (Å²) in [7, 11) is 0. The highest BCUT2D eigenvalue weighted by Crippen LogP contribution is 2.09. The monoisotopic (exact) mass is 256 g/mol. The second-order valence-electron chi connectivity index (χ2n) is 3.86. The van der Waals surface area contributed by atoms with Gasteiger partial charge < -0.3 is 15.7 Å². The molecule has 0 radical (unpaired) electrons. The van der Waals surface area contributed by atoms with Crippen LogP contribution in [0, 0.1) is 0 Å². The van der Waals surface area contributed by atoms with Crippen molar-refractivity contribution in [2.24, 2.45) is 0 Å². The molecule has 1 aromatic carbocycles. The Morgan fingerprint density at radius 2 is 2.06 bits per heavy atom. The summed E-state index contributed by atoms with van der Waals surface area (Å²) in [6.45, 7) is 2.22. The number of nitrogens with one attached hydrogen (secondary N) is 2. The number of urea groups is 1. The molecule has 0 bridgehead atoms. The van der Waals surface area contributed by atoms with Crippen LogP contribution in [-0.2, 0) is 6.42 Å². The van der Waals surface area contributed by atoms with Crippen LogP contribution in [0.2, 0.25) is 5.02 Å². The van der Waals surface area contributed by atoms with Gasteiger partial charge in [-0.25, -0.2) is 4.79 Å². The number of carbonyl (C=O) groups excluding carboxylic acids is 1. The van der Waals surface area contributed by atoms with Crippen molar-refractivity contribution in [1.29, 1.82) is 0 Å². The van der Waals surface area contributed by atoms with Crippen LogP contribution in [0.15, 0.2) is 24.3 Å². The topological polar surface area (TPSA) is 61.4 Å². The molecule has 0 fully saturated rings. The first-order chi connectivity index (χ1) is 8.11. The smallest absolute Gasteiger partial charge is 0.315 e. The van der Waals surface area contributed by atoms with Gasteiger partial charge in [0.1, 0.15) is 0 Å². The highest BCUT2D eigenvalue weighted by atomic mass is 35.5. The van der Waals surface area contributed by atoms with E-state index in [-0.39, 0.29) is 18.7 Å². The van der Waals surface area contributed by atoms with Crippen LogP contribution in [0.25, 0.3) is 0 Å². The number of aliphatic hydroxyl groups is 1. The van der Waals surface area contributed by atoms with Gasteiger partial charge in [-0.05, 0) is 31.0 Å². The van der Waals surface area contributed by atoms with Gasteiger partial charge >= 0.3 is 6.03 Å². The molecule has 3 N–H and O–H groups in total. The number of aliphatic hydroxyl groups excluding tert-OH is 1. The summed E-state index contributed by atoms with van der Waals surface area (Å²) in [4.78, 5) is 11.3. The SMILES string of the molecule is CC(CO)NC(=O)NCCc1ccc(Cl)cc1. The van der Waals surface area contributed by atoms with E-state index in [1.54, 1.807) is 6.92 Å². The molecule has 5 heteroatoms. The van der Waals surface area contributed by atoms with Crippen molar-refractivity contribution in [1.82, 2.24) is 10.6 Å². The van der Waals surface area contributed by atoms with E-state index in [1.165, 1.54) is 0 Å². The standard InChI is InChI=1S/C12H17ClN2O2/c1-9(8-16)15-12(17)14-7-6-10-2-4-11(13)5-3-10/h2-5,9,16H,6-8H2,1H3,(H2,14,15,17). The number of hydrogen-bond acceptors (Lipinski definition) is 2. The number of rotatable bonds is 5. The zero-order valence-electron chi connectivity index (χ0n) is 9.74. The third-order valence-corrected chi connectivity index (χ3v) is 2.52. The molecule has 0 saturated carbocycles. The maximum absolute atomic E-state index is 11.3. The fraction of sp³-hybridized carbons (Fsp3) is 0.417. The van der Waals surface area contributed by atoms with E-state index >= 15 is 0 Å². The van der Waals surface area contributed by atoms with E-state index in [0.717, 1.165) is 12.0 Å². The minimum absolute atomic E-state index is 0.0649. The summed E-state index contributed by atoms with van der Waals surface area (Å²) in [5.41, 5.74) is 1.12. The number of carbonyl (C=O) groups is 1. The summed E-state index contributed by atoms with van der Waals surface area (Å²) >= 11 is 5.77. The highest BCUT2D eigenvalue weighted by Gasteiger charge is 2.04. The van der Waals surface area contributed by atoms with Gasteiger partial charge in [0.15, 0.2) is 0 Å². The maximum atomic E-state index is 11.3. The van der Waals surface area contributed by atoms with Crippen molar-refractivity contribution < 1.29 is 9.90 Å². The third kappa shape index (κ3) is 5.56. The van der Waals surface area contributed by atoms with Crippen LogP contribution >= 0.6 is 11.6 Å². The molecule has 1 rings (SSSR count). The maximum Gasteiger partial charge on any atom is 0.315 e. The first-order valence-corrected chi connectivity index (χ1v) is 5.89. The summed E-state index contributed by atoms with van der Waals surface area (Å²) in [5, 5.41) is 14.8. The highest BCUT2D eigenvalue weighted by molar-refractivity contribution is 6.30. The van der Waals surface area contributed by atoms with Crippen LogP contribution in [0.4, 0.5) is 4.79 Å². The Bertz CT molecular complexity index is 354. The van der Waals surface area contributed by atoms with Gasteiger partial charge in [-0.15, -0.1) is 0 Å². The Hall–Kier alpha value is -1.26. The van der Waals surface area contributed by atoms with E-state index < -0.39 is 0 Å². The number of benzene rings is 1. The van der Waals surface area contributed by atoms with Crippen LogP contribution in [0.5, 0.6) is 0 Å². The lowest BCUT2D eigenvalue weighted by atomic mass is 10.1. The Morgan fingerprint density at radius 3 is 2.65 bits per heavy atom. The first kappa shape index (κ1) is 13.8. The molecule has 0 spiro atoms. The van der Waals surface area contributed by atoms with Gasteiger partial charge in [0.2, 0.25) is 0 Å². The average Bonchev–Trinajstić information content (AvgIpc) is 2.31. The van der Waals surface area contributed by atoms with E-state index in [9.17, 15) is 4.79 Å². The van der Waals surface area contributed by atoms with Gasteiger partial charge in [0.05, 0.1) is 12.6 Å². The third-order valence-electron chi connectivity index (χ3n) is 2.26. The van der Waals surface area contributed by atoms with Crippen molar-refractivity contribution >= 4 is 17.6 Å². The van der Waals surface area contributed by atoms with E-state index in [1.807, 2.05) is 24.3 Å². The van der Waals surface area contributed by atoms with Crippen molar-refractivity contribution in [3.8, 4) is 0 Å². The molecule has 1 atom stereocenters. The van der Waals surface area contributed by atoms with Gasteiger partial charge in [-0.1, -0.05) is 23.7 Å². The van der Waals surface area contributed by atoms with Crippen molar-refractivity contribution in [3.05, 3.63) is 34.9 Å². The number of hydrogen-bond donors (Lipinski definition) is 3. The molecular weight excluding hydrogens is 240 g/mol. The molecule has 0 aliphatic carbocycles. The van der Waals surface area contributed by atoms with Gasteiger partial charge in [0, 0.05) is 11.6 Å². The fourth-order valence-corrected chi connectivity index (χ4v) is 1.42. The molecule has 0 saturated heterocycles. The molecule has 1 aromatic rings. The van der Waals surface area contributed by atoms with E-state index in [4.69, 9.17) is 16.7 Å². The lowest BCUT2D eigenvalue weighted by molar-refractivity contribution is 0.220. The lowest BCUT2D eigenvalue weighted by Crippen LogP contribution is -2.42. The fourth-order valence-electron chi connectivity index (χ4n) is 1.29. The van der Waals surface area contributed by atoms with Gasteiger partial charge in [-0.2, -0.15) is 0 Å². The lowest BCUT2D eigenvalue weighted by Gasteiger charge is -2.11. The molecule has 94 valence electrons. The van der Waals surface area contributed by atoms with Crippen molar-refractivity contribution in [2.75, 3.05) is 13.2 Å². The van der Waals surface area contributed by atoms with Crippen LogP contribution in [0.3, 0.4) is 0 Å². The minimum Gasteiger partial charge on any atom is -0.394 e. The minimum atomic E-state index is -0.263. The van der Waals surface area contributed by atoms with Crippen LogP contribution < -0.4 is 10.6 Å². The zero-order chi connectivity index (χ0) is 12.7. The molecule has 0 aliphatic rings. The summed E-state index contributed by atoms with van der Waals surface area (Å²) < 4.78 is 0. The molecule has 0 aliphatic heterocycles. The Morgan fingerprint density at radius 1 is 1.41 bits per heavy atom. The Labute approximate surface area is 106 Å². The molecule has 2 amide bonds. The van der Waals surface area contributed by atoms with E-state index in [0.29, 0.717) is 11.6 Å². The van der Waals surface area contributed by atoms with Gasteiger partial charge in [-0.3, -0.25) is 0 Å². The number of halogens is 1. The summed E-state index contributed by atoms with van der Waals surface area (Å²) in [6, 6.07) is 7.01. The van der Waals surface area contributed by atoms with Crippen molar-refractivity contribution in [2.45, 2.75) is 19.4 Å². The molecule has 0 heterocycles. The molecule has 1 unspecified atom stereocenters. The first-order valence-electron chi connectivity index (χ1n) is 5.51. The number of amides is 2. The van der Waals surface area contributed by atoms with Crippen LogP contribution in [-0.4, -0.2) is 30.3 Å². The molecular formula is C12H17ClN2O2. The predicted octanol–water partition coefficient (Wildman–Crippen LogP) is 1.56. The predicted molar refractivity (Wildman–Crippen MR) is 68.2 cm³/mol. The Kier molecular flexibility index (Phi) is 5.80. The Balaban J connectivity index is 2.23. The van der Waals surface area contributed by atoms with Crippen molar-refractivity contribution in [3.63, 3.8) is 0 Å². The second kappa shape index (κ2) is 7.14. The van der Waals surface area contributed by atoms with Gasteiger partial charge in [0.25, 0.3) is 0 Å². The van der Waals surface area contributed by atoms with Crippen LogP contribution in [0.1, 0.15) is 12.5 Å². The van der Waals surface area contributed by atoms with E-state index in [2.05, 4.69) is 10.6 Å². The molecule has 0 aromatic heterocycles. The quantitative estimate of drug-likeness (QED) is 0.749. The molecule has 4 nitrogen and oxygen atoms in total. The largest absolute Gasteiger partial charge is 0.394 e. The summed E-state index contributed by atoms with van der Waals surface area (Å²) in [6.07, 6.45) is 0.748.